The number of rotatable bonds is 6. The van der Waals surface area contributed by atoms with Crippen molar-refractivity contribution in [2.75, 3.05) is 6.61 Å². The van der Waals surface area contributed by atoms with Gasteiger partial charge in [-0.05, 0) is 17.7 Å². The summed E-state index contributed by atoms with van der Waals surface area (Å²) >= 11 is 5.82. The Hall–Kier alpha value is -1.38. The minimum absolute atomic E-state index is 0.432. The Morgan fingerprint density at radius 3 is 3.06 bits per heavy atom. The van der Waals surface area contributed by atoms with E-state index >= 15 is 0 Å². The summed E-state index contributed by atoms with van der Waals surface area (Å²) in [5, 5.41) is 0.666. The Kier molecular flexibility index (Phi) is 5.54. The molecule has 84 valence electrons. The van der Waals surface area contributed by atoms with Crippen molar-refractivity contribution >= 4 is 11.6 Å². The van der Waals surface area contributed by atoms with Gasteiger partial charge in [-0.25, -0.2) is 0 Å². The molecule has 0 amide bonds. The third-order valence-electron chi connectivity index (χ3n) is 1.78. The first-order valence-electron chi connectivity index (χ1n) is 4.87. The third kappa shape index (κ3) is 4.91. The fourth-order valence-corrected chi connectivity index (χ4v) is 1.25. The lowest BCUT2D eigenvalue weighted by atomic mass is 10.3. The molecule has 0 spiro atoms. The van der Waals surface area contributed by atoms with Gasteiger partial charge in [0.15, 0.2) is 0 Å². The lowest BCUT2D eigenvalue weighted by molar-refractivity contribution is 0.142. The number of ether oxygens (including phenoxy) is 1. The number of hydrogen-bond donors (Lipinski definition) is 0. The molecule has 0 aliphatic heterocycles. The van der Waals surface area contributed by atoms with Crippen LogP contribution in [0.1, 0.15) is 5.69 Å². The summed E-state index contributed by atoms with van der Waals surface area (Å²) < 4.78 is 5.43. The van der Waals surface area contributed by atoms with Crippen molar-refractivity contribution in [3.8, 4) is 0 Å². The van der Waals surface area contributed by atoms with Gasteiger partial charge in [0.1, 0.15) is 0 Å². The second kappa shape index (κ2) is 6.99. The minimum atomic E-state index is 0.432. The number of pyridine rings is 1. The van der Waals surface area contributed by atoms with Crippen molar-refractivity contribution in [2.45, 2.75) is 6.61 Å². The predicted molar refractivity (Wildman–Crippen MR) is 67.4 cm³/mol. The summed E-state index contributed by atoms with van der Waals surface area (Å²) in [6.07, 6.45) is 7.04. The molecule has 0 bridgehead atoms. The molecule has 0 saturated carbocycles. The van der Waals surface area contributed by atoms with E-state index in [1.807, 2.05) is 12.2 Å². The lowest BCUT2D eigenvalue weighted by Gasteiger charge is -2.03. The van der Waals surface area contributed by atoms with Crippen molar-refractivity contribution in [1.82, 2.24) is 4.98 Å². The van der Waals surface area contributed by atoms with Crippen LogP contribution in [0.4, 0.5) is 0 Å². The van der Waals surface area contributed by atoms with E-state index in [4.69, 9.17) is 16.3 Å². The van der Waals surface area contributed by atoms with Crippen molar-refractivity contribution in [3.63, 3.8) is 0 Å². The van der Waals surface area contributed by atoms with Crippen LogP contribution in [-0.4, -0.2) is 11.6 Å². The van der Waals surface area contributed by atoms with Crippen molar-refractivity contribution < 1.29 is 4.74 Å². The first kappa shape index (κ1) is 12.7. The summed E-state index contributed by atoms with van der Waals surface area (Å²) in [6.45, 7) is 8.31. The van der Waals surface area contributed by atoms with Gasteiger partial charge in [-0.15, -0.1) is 0 Å². The molecule has 0 N–H and O–H groups in total. The monoisotopic (exact) mass is 235 g/mol. The summed E-state index contributed by atoms with van der Waals surface area (Å²) in [5.41, 5.74) is 1.70. The first-order chi connectivity index (χ1) is 7.72. The Bertz CT molecular complexity index is 399. The topological polar surface area (TPSA) is 22.1 Å². The zero-order valence-corrected chi connectivity index (χ0v) is 9.78. The average molecular weight is 236 g/mol. The Morgan fingerprint density at radius 2 is 2.38 bits per heavy atom. The molecular formula is C13H14ClNO. The fourth-order valence-electron chi connectivity index (χ4n) is 1.07. The van der Waals surface area contributed by atoms with E-state index in [0.717, 1.165) is 11.3 Å². The fraction of sp³-hybridized carbons (Fsp3) is 0.154. The maximum Gasteiger partial charge on any atom is 0.0892 e. The normalized spacial score (nSPS) is 10.6. The number of aromatic nitrogens is 1. The highest BCUT2D eigenvalue weighted by molar-refractivity contribution is 6.30. The van der Waals surface area contributed by atoms with Gasteiger partial charge in [0.05, 0.1) is 18.9 Å². The number of hydrogen-bond acceptors (Lipinski definition) is 2. The van der Waals surface area contributed by atoms with Gasteiger partial charge >= 0.3 is 0 Å². The molecular weight excluding hydrogens is 222 g/mol. The van der Waals surface area contributed by atoms with Gasteiger partial charge in [0.25, 0.3) is 0 Å². The molecule has 0 fully saturated rings. The molecule has 0 unspecified atom stereocenters. The first-order valence-corrected chi connectivity index (χ1v) is 5.25. The third-order valence-corrected chi connectivity index (χ3v) is 2.02. The number of allylic oxidation sites excluding steroid dienone is 2. The average Bonchev–Trinajstić information content (AvgIpc) is 2.26. The molecule has 0 aliphatic rings. The molecule has 0 radical (unpaired) electrons. The van der Waals surface area contributed by atoms with Gasteiger partial charge in [0.2, 0.25) is 0 Å². The van der Waals surface area contributed by atoms with E-state index < -0.39 is 0 Å². The van der Waals surface area contributed by atoms with E-state index in [1.165, 1.54) is 0 Å². The molecule has 1 rings (SSSR count). The van der Waals surface area contributed by atoms with Crippen LogP contribution in [0.2, 0.25) is 5.02 Å². The van der Waals surface area contributed by atoms with Gasteiger partial charge in [0, 0.05) is 11.2 Å². The van der Waals surface area contributed by atoms with Crippen LogP contribution < -0.4 is 0 Å². The smallest absolute Gasteiger partial charge is 0.0892 e. The zero-order valence-electron chi connectivity index (χ0n) is 9.03. The number of nitrogens with zero attached hydrogens (tertiary/aromatic N) is 1. The Balaban J connectivity index is 2.33. The van der Waals surface area contributed by atoms with Gasteiger partial charge in [-0.2, -0.15) is 0 Å². The van der Waals surface area contributed by atoms with Crippen LogP contribution in [0, 0.1) is 0 Å². The molecule has 1 aromatic rings. The Labute approximate surface area is 101 Å². The highest BCUT2D eigenvalue weighted by Crippen LogP contribution is 2.09. The molecule has 2 nitrogen and oxygen atoms in total. The second-order valence-electron chi connectivity index (χ2n) is 3.21. The van der Waals surface area contributed by atoms with Crippen molar-refractivity contribution in [2.24, 2.45) is 0 Å². The van der Waals surface area contributed by atoms with Crippen LogP contribution >= 0.6 is 11.6 Å². The molecule has 1 heterocycles. The van der Waals surface area contributed by atoms with Crippen LogP contribution in [0.25, 0.3) is 0 Å². The van der Waals surface area contributed by atoms with Crippen molar-refractivity contribution in [3.05, 3.63) is 66.0 Å². The second-order valence-corrected chi connectivity index (χ2v) is 3.65. The standard InChI is InChI=1S/C13H14ClNO/c1-3-4-5-11(2)9-16-10-13-8-12(14)6-7-15-13/h3-8H,1-2,9-10H2/b5-4-. The van der Waals surface area contributed by atoms with Gasteiger partial charge in [-0.3, -0.25) is 4.98 Å². The van der Waals surface area contributed by atoms with Gasteiger partial charge in [-0.1, -0.05) is 43.0 Å². The summed E-state index contributed by atoms with van der Waals surface area (Å²) in [4.78, 5) is 4.13. The van der Waals surface area contributed by atoms with E-state index in [9.17, 15) is 0 Å². The summed E-state index contributed by atoms with van der Waals surface area (Å²) in [7, 11) is 0. The van der Waals surface area contributed by atoms with E-state index in [1.54, 1.807) is 24.4 Å². The van der Waals surface area contributed by atoms with Crippen LogP contribution in [0.5, 0.6) is 0 Å². The zero-order chi connectivity index (χ0) is 11.8. The molecule has 0 aromatic carbocycles. The van der Waals surface area contributed by atoms with E-state index in [0.29, 0.717) is 18.2 Å². The predicted octanol–water partition coefficient (Wildman–Crippen LogP) is 3.55. The molecule has 0 saturated heterocycles. The highest BCUT2D eigenvalue weighted by Gasteiger charge is 1.96. The SMILES string of the molecule is C=C/C=C\C(=C)COCc1cc(Cl)ccn1. The molecule has 3 heteroatoms. The maximum absolute atomic E-state index is 5.82. The van der Waals surface area contributed by atoms with Crippen LogP contribution in [0.3, 0.4) is 0 Å². The number of halogens is 1. The lowest BCUT2D eigenvalue weighted by Crippen LogP contribution is -1.98. The van der Waals surface area contributed by atoms with Crippen LogP contribution in [0.15, 0.2) is 55.3 Å². The molecule has 16 heavy (non-hydrogen) atoms. The maximum atomic E-state index is 5.82. The quantitative estimate of drug-likeness (QED) is 0.704. The Morgan fingerprint density at radius 1 is 1.56 bits per heavy atom. The largest absolute Gasteiger partial charge is 0.371 e. The van der Waals surface area contributed by atoms with E-state index in [-0.39, 0.29) is 0 Å². The highest BCUT2D eigenvalue weighted by atomic mass is 35.5. The molecule has 0 atom stereocenters. The van der Waals surface area contributed by atoms with Gasteiger partial charge < -0.3 is 4.74 Å². The summed E-state index contributed by atoms with van der Waals surface area (Å²) in [5.74, 6) is 0. The van der Waals surface area contributed by atoms with Crippen molar-refractivity contribution in [1.29, 1.82) is 0 Å². The minimum Gasteiger partial charge on any atom is -0.371 e. The van der Waals surface area contributed by atoms with Crippen LogP contribution in [-0.2, 0) is 11.3 Å². The summed E-state index contributed by atoms with van der Waals surface area (Å²) in [6, 6.07) is 3.51. The molecule has 1 aromatic heterocycles. The van der Waals surface area contributed by atoms with E-state index in [2.05, 4.69) is 18.1 Å². The molecule has 0 aliphatic carbocycles.